The van der Waals surface area contributed by atoms with E-state index in [1.807, 2.05) is 0 Å². The summed E-state index contributed by atoms with van der Waals surface area (Å²) in [7, 11) is 0.708. The van der Waals surface area contributed by atoms with E-state index in [0.29, 0.717) is 13.2 Å². The molecule has 1 heterocycles. The maximum absolute atomic E-state index is 6.15. The molecule has 1 saturated heterocycles. The van der Waals surface area contributed by atoms with Crippen LogP contribution in [-0.2, 0) is 25.6 Å². The molecule has 4 aromatic rings. The number of rotatable bonds is 16. The highest BCUT2D eigenvalue weighted by Crippen LogP contribution is 2.63. The maximum atomic E-state index is 6.15. The molecule has 0 amide bonds. The summed E-state index contributed by atoms with van der Waals surface area (Å²) in [5, 5.41) is 0. The van der Waals surface area contributed by atoms with Crippen LogP contribution in [0.25, 0.3) is 22.3 Å². The molecule has 1 aliphatic heterocycles. The van der Waals surface area contributed by atoms with Crippen molar-refractivity contribution < 1.29 is 9.31 Å². The van der Waals surface area contributed by atoms with Gasteiger partial charge in [0.2, 0.25) is 0 Å². The average Bonchev–Trinajstić information content (AvgIpc) is 3.90. The van der Waals surface area contributed by atoms with Gasteiger partial charge in [-0.15, -0.1) is 0 Å². The molecule has 0 bridgehead atoms. The Balaban J connectivity index is 1.49. The summed E-state index contributed by atoms with van der Waals surface area (Å²) in [5.74, 6) is 0. The maximum Gasteiger partial charge on any atom is 0.494 e. The van der Waals surface area contributed by atoms with Gasteiger partial charge >= 0.3 is 7.12 Å². The number of fused-ring (bicyclic) bond motifs is 10. The minimum atomic E-state index is -0.408. The van der Waals surface area contributed by atoms with Gasteiger partial charge in [0.05, 0.1) is 18.6 Å². The van der Waals surface area contributed by atoms with Crippen LogP contribution in [0.3, 0.4) is 0 Å². The van der Waals surface area contributed by atoms with Crippen molar-refractivity contribution in [3.8, 4) is 22.3 Å². The highest BCUT2D eigenvalue weighted by atomic mass is 16.6. The van der Waals surface area contributed by atoms with Gasteiger partial charge in [0.15, 0.2) is 7.28 Å². The van der Waals surface area contributed by atoms with Crippen molar-refractivity contribution in [3.63, 3.8) is 0 Å². The largest absolute Gasteiger partial charge is 0.494 e. The minimum absolute atomic E-state index is 0.131. The van der Waals surface area contributed by atoms with E-state index in [0.717, 1.165) is 25.6 Å². The first-order valence-corrected chi connectivity index (χ1v) is 21.1. The fourth-order valence-corrected chi connectivity index (χ4v) is 9.90. The van der Waals surface area contributed by atoms with Gasteiger partial charge in [0, 0.05) is 0 Å². The molecule has 4 heteroatoms. The zero-order chi connectivity index (χ0) is 36.5. The second kappa shape index (κ2) is 15.3. The van der Waals surface area contributed by atoms with Gasteiger partial charge < -0.3 is 9.31 Å². The van der Waals surface area contributed by atoms with E-state index in [-0.39, 0.29) is 17.9 Å². The first-order valence-electron chi connectivity index (χ1n) is 21.1. The zero-order valence-corrected chi connectivity index (χ0v) is 33.4. The summed E-state index contributed by atoms with van der Waals surface area (Å²) in [4.78, 5) is 0. The SMILES string of the molecule is CBc1ccc2c(c1)C1(c3cc(B4OCCO4)ccc3-2)c2cc(C(C)(CC)CCCCCC)ccc2-c2ccc(C(C)(CC)CCCCCC)cc21. The molecule has 1 spiro atoms. The molecule has 0 saturated carbocycles. The van der Waals surface area contributed by atoms with Crippen molar-refractivity contribution in [3.05, 3.63) is 106 Å². The van der Waals surface area contributed by atoms with E-state index in [9.17, 15) is 0 Å². The lowest BCUT2D eigenvalue weighted by atomic mass is 9.64. The van der Waals surface area contributed by atoms with Crippen LogP contribution in [0.15, 0.2) is 72.8 Å². The summed E-state index contributed by atoms with van der Waals surface area (Å²) >= 11 is 0. The molecule has 0 aromatic heterocycles. The molecule has 2 aliphatic carbocycles. The predicted octanol–water partition coefficient (Wildman–Crippen LogP) is 11.2. The van der Waals surface area contributed by atoms with Crippen molar-refractivity contribution in [2.45, 2.75) is 142 Å². The van der Waals surface area contributed by atoms with Gasteiger partial charge in [-0.1, -0.05) is 178 Å². The predicted molar refractivity (Wildman–Crippen MR) is 225 cm³/mol. The molecule has 0 N–H and O–H groups in total. The Morgan fingerprint density at radius 1 is 0.577 bits per heavy atom. The second-order valence-corrected chi connectivity index (χ2v) is 16.8. The standard InChI is InChI=1S/C48H62B2O2/c1-8-12-14-16-26-46(5,10-3)34-18-22-38-39-23-19-35(47(6,11-4)27-17-15-13-9-2)31-43(39)48(42(38)30-34)44-32-36(49-7)20-24-40(44)41-25-21-37(33-45(41)48)50-51-28-29-52-50/h18-25,30-33,49H,8-17,26-29H2,1-7H3. The molecule has 2 nitrogen and oxygen atoms in total. The third kappa shape index (κ3) is 6.24. The lowest BCUT2D eigenvalue weighted by molar-refractivity contribution is 0.365. The van der Waals surface area contributed by atoms with Crippen LogP contribution in [0, 0.1) is 0 Å². The van der Waals surface area contributed by atoms with Gasteiger partial charge in [-0.2, -0.15) is 0 Å². The van der Waals surface area contributed by atoms with E-state index in [2.05, 4.69) is 121 Å². The average molecular weight is 693 g/mol. The monoisotopic (exact) mass is 692 g/mol. The third-order valence-corrected chi connectivity index (χ3v) is 13.8. The summed E-state index contributed by atoms with van der Waals surface area (Å²) in [5.41, 5.74) is 16.7. The van der Waals surface area contributed by atoms with Crippen LogP contribution >= 0.6 is 0 Å². The summed E-state index contributed by atoms with van der Waals surface area (Å²) in [6.07, 6.45) is 15.1. The van der Waals surface area contributed by atoms with Crippen molar-refractivity contribution in [1.82, 2.24) is 0 Å². The number of benzene rings is 4. The smallest absolute Gasteiger partial charge is 0.405 e. The molecule has 2 unspecified atom stereocenters. The second-order valence-electron chi connectivity index (χ2n) is 16.8. The highest BCUT2D eigenvalue weighted by Gasteiger charge is 2.53. The van der Waals surface area contributed by atoms with E-state index in [1.54, 1.807) is 0 Å². The fraction of sp³-hybridized carbons (Fsp3) is 0.500. The molecule has 1 fully saturated rings. The summed E-state index contributed by atoms with van der Waals surface area (Å²) < 4.78 is 12.3. The van der Waals surface area contributed by atoms with Crippen LogP contribution < -0.4 is 10.9 Å². The Kier molecular flexibility index (Phi) is 11.0. The van der Waals surface area contributed by atoms with E-state index in [1.165, 1.54) is 125 Å². The summed E-state index contributed by atoms with van der Waals surface area (Å²) in [6.45, 7) is 18.1. The number of hydrogen-bond acceptors (Lipinski definition) is 2. The van der Waals surface area contributed by atoms with E-state index >= 15 is 0 Å². The quantitative estimate of drug-likeness (QED) is 0.0743. The third-order valence-electron chi connectivity index (χ3n) is 13.8. The minimum Gasteiger partial charge on any atom is -0.405 e. The Labute approximate surface area is 316 Å². The van der Waals surface area contributed by atoms with Gasteiger partial charge in [-0.05, 0) is 97.6 Å². The van der Waals surface area contributed by atoms with Crippen LogP contribution in [0.5, 0.6) is 0 Å². The first kappa shape index (κ1) is 37.3. The van der Waals surface area contributed by atoms with Crippen LogP contribution in [-0.4, -0.2) is 27.6 Å². The molecule has 3 aliphatic rings. The molecule has 2 atom stereocenters. The molecule has 4 aromatic carbocycles. The molecule has 272 valence electrons. The highest BCUT2D eigenvalue weighted by molar-refractivity contribution is 6.61. The lowest BCUT2D eigenvalue weighted by Gasteiger charge is -2.35. The van der Waals surface area contributed by atoms with Gasteiger partial charge in [0.1, 0.15) is 0 Å². The molecule has 0 radical (unpaired) electrons. The molecule has 52 heavy (non-hydrogen) atoms. The zero-order valence-electron chi connectivity index (χ0n) is 33.4. The van der Waals surface area contributed by atoms with Gasteiger partial charge in [-0.3, -0.25) is 0 Å². The van der Waals surface area contributed by atoms with Crippen molar-refractivity contribution in [2.75, 3.05) is 13.2 Å². The van der Waals surface area contributed by atoms with Crippen molar-refractivity contribution in [2.24, 2.45) is 0 Å². The molecular weight excluding hydrogens is 630 g/mol. The molecular formula is C48H62B2O2. The van der Waals surface area contributed by atoms with Crippen LogP contribution in [0.1, 0.15) is 152 Å². The Bertz CT molecular complexity index is 1810. The van der Waals surface area contributed by atoms with Crippen molar-refractivity contribution in [1.29, 1.82) is 0 Å². The Hall–Kier alpha value is -3.07. The summed E-state index contributed by atoms with van der Waals surface area (Å²) in [6, 6.07) is 29.7. The van der Waals surface area contributed by atoms with Gasteiger partial charge in [0.25, 0.3) is 0 Å². The van der Waals surface area contributed by atoms with Crippen LogP contribution in [0.4, 0.5) is 0 Å². The first-order chi connectivity index (χ1) is 25.3. The normalized spacial score (nSPS) is 19.2. The van der Waals surface area contributed by atoms with E-state index < -0.39 is 5.41 Å². The van der Waals surface area contributed by atoms with E-state index in [4.69, 9.17) is 9.31 Å². The Morgan fingerprint density at radius 3 is 1.52 bits per heavy atom. The fourth-order valence-electron chi connectivity index (χ4n) is 9.90. The number of hydrogen-bond donors (Lipinski definition) is 0. The number of unbranched alkanes of at least 4 members (excludes halogenated alkanes) is 6. The van der Waals surface area contributed by atoms with Gasteiger partial charge in [-0.25, -0.2) is 0 Å². The molecule has 7 rings (SSSR count). The Morgan fingerprint density at radius 2 is 1.04 bits per heavy atom. The van der Waals surface area contributed by atoms with Crippen molar-refractivity contribution >= 4 is 25.3 Å². The van der Waals surface area contributed by atoms with Crippen LogP contribution in [0.2, 0.25) is 6.82 Å². The topological polar surface area (TPSA) is 18.5 Å². The lowest BCUT2D eigenvalue weighted by Crippen LogP contribution is -2.34.